The first-order valence-corrected chi connectivity index (χ1v) is 7.85. The van der Waals surface area contributed by atoms with Crippen molar-refractivity contribution < 1.29 is 4.79 Å². The van der Waals surface area contributed by atoms with E-state index in [9.17, 15) is 4.79 Å². The Labute approximate surface area is 134 Å². The van der Waals surface area contributed by atoms with E-state index >= 15 is 0 Å². The zero-order chi connectivity index (χ0) is 14.0. The zero-order valence-electron chi connectivity index (χ0n) is 9.99. The molecule has 0 aliphatic carbocycles. The number of carbonyl (C=O) groups excluding carboxylic acids is 1. The minimum atomic E-state index is -0.0436. The molecule has 0 saturated carbocycles. The molecule has 0 atom stereocenters. The van der Waals surface area contributed by atoms with Gasteiger partial charge in [-0.05, 0) is 39.0 Å². The van der Waals surface area contributed by atoms with E-state index < -0.39 is 0 Å². The number of carbonyl (C=O) groups is 1. The summed E-state index contributed by atoms with van der Waals surface area (Å²) in [5.74, 6) is -0.0436. The fourth-order valence-corrected chi connectivity index (χ4v) is 3.53. The molecule has 2 aromatic rings. The third-order valence-corrected chi connectivity index (χ3v) is 5.28. The fraction of sp³-hybridized carbons (Fsp3) is 0.154. The van der Waals surface area contributed by atoms with Gasteiger partial charge in [-0.2, -0.15) is 0 Å². The number of halogens is 3. The van der Waals surface area contributed by atoms with Gasteiger partial charge in [0.1, 0.15) is 4.88 Å². The summed E-state index contributed by atoms with van der Waals surface area (Å²) in [6.45, 7) is 0.419. The lowest BCUT2D eigenvalue weighted by atomic mass is 10.2. The highest BCUT2D eigenvalue weighted by Crippen LogP contribution is 2.28. The molecule has 100 valence electrons. The van der Waals surface area contributed by atoms with Crippen LogP contribution in [0.3, 0.4) is 0 Å². The van der Waals surface area contributed by atoms with Gasteiger partial charge in [0.05, 0.1) is 10.0 Å². The van der Waals surface area contributed by atoms with E-state index in [-0.39, 0.29) is 5.91 Å². The van der Waals surface area contributed by atoms with Gasteiger partial charge >= 0.3 is 0 Å². The molecular formula is C13H10BrCl2NOS. The molecule has 1 amide bonds. The Morgan fingerprint density at radius 3 is 2.74 bits per heavy atom. The Hall–Kier alpha value is -0.550. The van der Waals surface area contributed by atoms with Gasteiger partial charge in [0.2, 0.25) is 0 Å². The van der Waals surface area contributed by atoms with E-state index in [0.29, 0.717) is 21.5 Å². The normalized spacial score (nSPS) is 10.5. The topological polar surface area (TPSA) is 20.3 Å². The number of nitrogens with zero attached hydrogens (tertiary/aromatic N) is 1. The van der Waals surface area contributed by atoms with Crippen LogP contribution in [0.5, 0.6) is 0 Å². The van der Waals surface area contributed by atoms with Crippen LogP contribution < -0.4 is 0 Å². The fourth-order valence-electron chi connectivity index (χ4n) is 1.62. The summed E-state index contributed by atoms with van der Waals surface area (Å²) in [5, 5.41) is 2.86. The molecule has 0 N–H and O–H groups in total. The highest BCUT2D eigenvalue weighted by atomic mass is 79.9. The van der Waals surface area contributed by atoms with E-state index in [1.165, 1.54) is 11.3 Å². The quantitative estimate of drug-likeness (QED) is 0.728. The average molecular weight is 379 g/mol. The van der Waals surface area contributed by atoms with Crippen LogP contribution in [0, 0.1) is 0 Å². The summed E-state index contributed by atoms with van der Waals surface area (Å²) in [5.41, 5.74) is 0.831. The van der Waals surface area contributed by atoms with Gasteiger partial charge in [0.25, 0.3) is 5.91 Å². The van der Waals surface area contributed by atoms with E-state index in [1.54, 1.807) is 18.0 Å². The van der Waals surface area contributed by atoms with Gasteiger partial charge in [-0.15, -0.1) is 11.3 Å². The molecule has 2 nitrogen and oxygen atoms in total. The predicted octanol–water partition coefficient (Wildman–Crippen LogP) is 5.09. The number of hydrogen-bond donors (Lipinski definition) is 0. The second-order valence-corrected chi connectivity index (χ2v) is 6.53. The molecule has 0 aliphatic rings. The lowest BCUT2D eigenvalue weighted by Crippen LogP contribution is -2.25. The minimum Gasteiger partial charge on any atom is -0.337 e. The lowest BCUT2D eigenvalue weighted by molar-refractivity contribution is 0.0789. The smallest absolute Gasteiger partial charge is 0.265 e. The van der Waals surface area contributed by atoms with Gasteiger partial charge in [-0.1, -0.05) is 35.3 Å². The number of amides is 1. The van der Waals surface area contributed by atoms with Crippen molar-refractivity contribution in [3.05, 3.63) is 54.6 Å². The van der Waals surface area contributed by atoms with E-state index in [4.69, 9.17) is 23.2 Å². The molecule has 0 radical (unpaired) electrons. The Morgan fingerprint density at radius 1 is 1.37 bits per heavy atom. The van der Waals surface area contributed by atoms with Crippen LogP contribution in [0.25, 0.3) is 0 Å². The van der Waals surface area contributed by atoms with Gasteiger partial charge in [-0.3, -0.25) is 4.79 Å². The third kappa shape index (κ3) is 3.31. The average Bonchev–Trinajstić information content (AvgIpc) is 2.80. The molecule has 0 fully saturated rings. The monoisotopic (exact) mass is 377 g/mol. The Kier molecular flexibility index (Phi) is 4.90. The van der Waals surface area contributed by atoms with Crippen molar-refractivity contribution in [2.45, 2.75) is 6.54 Å². The van der Waals surface area contributed by atoms with Crippen molar-refractivity contribution in [2.75, 3.05) is 7.05 Å². The van der Waals surface area contributed by atoms with Crippen molar-refractivity contribution in [3.8, 4) is 0 Å². The van der Waals surface area contributed by atoms with E-state index in [1.807, 2.05) is 23.6 Å². The molecule has 1 heterocycles. The highest BCUT2D eigenvalue weighted by Gasteiger charge is 2.17. The number of benzene rings is 1. The highest BCUT2D eigenvalue weighted by molar-refractivity contribution is 9.10. The summed E-state index contributed by atoms with van der Waals surface area (Å²) in [4.78, 5) is 14.6. The number of hydrogen-bond acceptors (Lipinski definition) is 2. The standard InChI is InChI=1S/C13H10BrCl2NOS/c1-17(13(18)12-9(14)5-6-19-12)7-8-3-2-4-10(15)11(8)16/h2-6H,7H2,1H3. The first-order chi connectivity index (χ1) is 9.00. The molecule has 0 aliphatic heterocycles. The SMILES string of the molecule is CN(Cc1cccc(Cl)c1Cl)C(=O)c1sccc1Br. The van der Waals surface area contributed by atoms with Gasteiger partial charge < -0.3 is 4.90 Å². The first kappa shape index (κ1) is 14.9. The molecule has 19 heavy (non-hydrogen) atoms. The summed E-state index contributed by atoms with van der Waals surface area (Å²) in [6, 6.07) is 7.27. The van der Waals surface area contributed by atoms with E-state index in [2.05, 4.69) is 15.9 Å². The van der Waals surface area contributed by atoms with Crippen LogP contribution in [0.1, 0.15) is 15.2 Å². The Morgan fingerprint density at radius 2 is 2.11 bits per heavy atom. The molecule has 0 unspecified atom stereocenters. The Bertz CT molecular complexity index is 614. The second kappa shape index (κ2) is 6.27. The van der Waals surface area contributed by atoms with Crippen molar-refractivity contribution in [1.29, 1.82) is 0 Å². The van der Waals surface area contributed by atoms with Crippen LogP contribution in [0.15, 0.2) is 34.1 Å². The van der Waals surface area contributed by atoms with Crippen molar-refractivity contribution >= 4 is 56.4 Å². The molecular weight excluding hydrogens is 369 g/mol. The Balaban J connectivity index is 2.18. The molecule has 2 rings (SSSR count). The minimum absolute atomic E-state index is 0.0436. The van der Waals surface area contributed by atoms with Gasteiger partial charge in [0, 0.05) is 18.1 Å². The summed E-state index contributed by atoms with van der Waals surface area (Å²) >= 11 is 16.9. The van der Waals surface area contributed by atoms with E-state index in [0.717, 1.165) is 10.0 Å². The zero-order valence-corrected chi connectivity index (χ0v) is 13.9. The van der Waals surface area contributed by atoms with Crippen LogP contribution in [0.2, 0.25) is 10.0 Å². The van der Waals surface area contributed by atoms with Crippen LogP contribution in [0.4, 0.5) is 0 Å². The maximum Gasteiger partial charge on any atom is 0.265 e. The predicted molar refractivity (Wildman–Crippen MR) is 84.3 cm³/mol. The van der Waals surface area contributed by atoms with Crippen molar-refractivity contribution in [2.24, 2.45) is 0 Å². The first-order valence-electron chi connectivity index (χ1n) is 5.42. The molecule has 6 heteroatoms. The van der Waals surface area contributed by atoms with Crippen LogP contribution >= 0.6 is 50.5 Å². The molecule has 0 spiro atoms. The number of rotatable bonds is 3. The van der Waals surface area contributed by atoms with Crippen molar-refractivity contribution in [3.63, 3.8) is 0 Å². The lowest BCUT2D eigenvalue weighted by Gasteiger charge is -2.17. The van der Waals surface area contributed by atoms with Crippen LogP contribution in [-0.4, -0.2) is 17.9 Å². The van der Waals surface area contributed by atoms with Crippen molar-refractivity contribution in [1.82, 2.24) is 4.90 Å². The molecule has 0 bridgehead atoms. The maximum atomic E-state index is 12.3. The largest absolute Gasteiger partial charge is 0.337 e. The van der Waals surface area contributed by atoms with Gasteiger partial charge in [-0.25, -0.2) is 0 Å². The summed E-state index contributed by atoms with van der Waals surface area (Å²) in [6.07, 6.45) is 0. The van der Waals surface area contributed by atoms with Crippen LogP contribution in [-0.2, 0) is 6.54 Å². The summed E-state index contributed by atoms with van der Waals surface area (Å²) in [7, 11) is 1.74. The molecule has 1 aromatic heterocycles. The maximum absolute atomic E-state index is 12.3. The molecule has 1 aromatic carbocycles. The number of thiophene rings is 1. The second-order valence-electron chi connectivity index (χ2n) is 3.97. The van der Waals surface area contributed by atoms with Gasteiger partial charge in [0.15, 0.2) is 0 Å². The third-order valence-electron chi connectivity index (χ3n) is 2.60. The molecule has 0 saturated heterocycles. The summed E-state index contributed by atoms with van der Waals surface area (Å²) < 4.78 is 0.812.